The lowest BCUT2D eigenvalue weighted by Gasteiger charge is -2.22. The molecule has 0 spiro atoms. The number of carbonyl (C=O) groups is 2. The molecule has 0 aromatic carbocycles. The van der Waals surface area contributed by atoms with E-state index in [2.05, 4.69) is 0 Å². The van der Waals surface area contributed by atoms with E-state index in [0.29, 0.717) is 13.0 Å². The molecule has 0 aliphatic carbocycles. The fourth-order valence-electron chi connectivity index (χ4n) is 1.00. The molecular weight excluding hydrogens is 214 g/mol. The summed E-state index contributed by atoms with van der Waals surface area (Å²) >= 11 is 0. The highest BCUT2D eigenvalue weighted by molar-refractivity contribution is 5.81. The fraction of sp³-hybridized carbons (Fsp3) is 0.800. The van der Waals surface area contributed by atoms with E-state index in [9.17, 15) is 9.59 Å². The van der Waals surface area contributed by atoms with Gasteiger partial charge in [0, 0.05) is 13.2 Å². The van der Waals surface area contributed by atoms with Crippen LogP contribution in [0.15, 0.2) is 0 Å². The third-order valence-corrected chi connectivity index (χ3v) is 1.98. The predicted octanol–water partition coefficient (Wildman–Crippen LogP) is -0.293. The Morgan fingerprint density at radius 3 is 2.38 bits per heavy atom. The molecule has 94 valence electrons. The molecule has 0 rings (SSSR count). The van der Waals surface area contributed by atoms with E-state index in [4.69, 9.17) is 14.9 Å². The molecule has 0 aromatic heterocycles. The third kappa shape index (κ3) is 5.67. The first-order valence-corrected chi connectivity index (χ1v) is 5.04. The highest BCUT2D eigenvalue weighted by Crippen LogP contribution is 2.09. The second kappa shape index (κ2) is 6.44. The van der Waals surface area contributed by atoms with E-state index in [1.165, 1.54) is 13.8 Å². The van der Waals surface area contributed by atoms with Gasteiger partial charge in [-0.2, -0.15) is 0 Å². The fourth-order valence-corrected chi connectivity index (χ4v) is 1.00. The molecule has 0 aromatic rings. The number of aliphatic hydroxyl groups is 1. The Labute approximate surface area is 94.8 Å². The van der Waals surface area contributed by atoms with Crippen LogP contribution in [0.4, 0.5) is 0 Å². The van der Waals surface area contributed by atoms with Crippen LogP contribution in [0.2, 0.25) is 0 Å². The van der Waals surface area contributed by atoms with Gasteiger partial charge in [-0.15, -0.1) is 0 Å². The second-order valence-electron chi connectivity index (χ2n) is 4.10. The SMILES string of the molecule is CN(CCCO)CC(=O)OC(C)(C)C(=O)O. The number of ether oxygens (including phenoxy) is 1. The van der Waals surface area contributed by atoms with Crippen LogP contribution in [-0.4, -0.2) is 59.4 Å². The summed E-state index contributed by atoms with van der Waals surface area (Å²) in [4.78, 5) is 23.7. The number of carboxylic acids is 1. The molecule has 0 atom stereocenters. The molecule has 0 radical (unpaired) electrons. The number of aliphatic hydroxyl groups excluding tert-OH is 1. The van der Waals surface area contributed by atoms with Crippen molar-refractivity contribution in [3.63, 3.8) is 0 Å². The standard InChI is InChI=1S/C10H19NO5/c1-10(2,9(14)15)16-8(13)7-11(3)5-4-6-12/h12H,4-7H2,1-3H3,(H,14,15). The van der Waals surface area contributed by atoms with E-state index < -0.39 is 17.5 Å². The zero-order valence-electron chi connectivity index (χ0n) is 9.89. The summed E-state index contributed by atoms with van der Waals surface area (Å²) in [5.41, 5.74) is -1.51. The number of carboxylic acid groups (broad SMARTS) is 1. The van der Waals surface area contributed by atoms with E-state index in [-0.39, 0.29) is 13.2 Å². The predicted molar refractivity (Wildman–Crippen MR) is 57.0 cm³/mol. The van der Waals surface area contributed by atoms with Gasteiger partial charge in [0.2, 0.25) is 5.60 Å². The van der Waals surface area contributed by atoms with Crippen molar-refractivity contribution >= 4 is 11.9 Å². The van der Waals surface area contributed by atoms with Gasteiger partial charge in [0.1, 0.15) is 0 Å². The first-order chi connectivity index (χ1) is 7.29. The van der Waals surface area contributed by atoms with Gasteiger partial charge in [-0.05, 0) is 27.3 Å². The van der Waals surface area contributed by atoms with Gasteiger partial charge >= 0.3 is 11.9 Å². The summed E-state index contributed by atoms with van der Waals surface area (Å²) in [6, 6.07) is 0. The first kappa shape index (κ1) is 14.9. The van der Waals surface area contributed by atoms with Crippen LogP contribution < -0.4 is 0 Å². The summed E-state index contributed by atoms with van der Waals surface area (Å²) in [5.74, 6) is -1.77. The van der Waals surface area contributed by atoms with Gasteiger partial charge in [-0.25, -0.2) is 4.79 Å². The summed E-state index contributed by atoms with van der Waals surface area (Å²) in [6.07, 6.45) is 0.562. The first-order valence-electron chi connectivity index (χ1n) is 5.04. The van der Waals surface area contributed by atoms with Gasteiger partial charge in [-0.3, -0.25) is 9.69 Å². The number of carbonyl (C=O) groups excluding carboxylic acids is 1. The molecule has 0 heterocycles. The summed E-state index contributed by atoms with van der Waals surface area (Å²) in [5, 5.41) is 17.3. The van der Waals surface area contributed by atoms with Gasteiger partial charge in [-0.1, -0.05) is 0 Å². The number of likely N-dealkylation sites (N-methyl/N-ethyl adjacent to an activating group) is 1. The summed E-state index contributed by atoms with van der Waals surface area (Å²) < 4.78 is 4.81. The molecule has 0 saturated heterocycles. The van der Waals surface area contributed by atoms with Crippen LogP contribution in [0.25, 0.3) is 0 Å². The molecule has 6 nitrogen and oxygen atoms in total. The minimum atomic E-state index is -1.51. The zero-order valence-corrected chi connectivity index (χ0v) is 9.89. The second-order valence-corrected chi connectivity index (χ2v) is 4.10. The maximum Gasteiger partial charge on any atom is 0.347 e. The van der Waals surface area contributed by atoms with Gasteiger partial charge in [0.15, 0.2) is 0 Å². The van der Waals surface area contributed by atoms with Crippen molar-refractivity contribution in [1.82, 2.24) is 4.90 Å². The van der Waals surface area contributed by atoms with Crippen molar-refractivity contribution in [2.45, 2.75) is 25.9 Å². The van der Waals surface area contributed by atoms with Crippen molar-refractivity contribution < 1.29 is 24.5 Å². The Morgan fingerprint density at radius 1 is 1.38 bits per heavy atom. The quantitative estimate of drug-likeness (QED) is 0.587. The van der Waals surface area contributed by atoms with E-state index in [0.717, 1.165) is 0 Å². The van der Waals surface area contributed by atoms with Gasteiger partial charge < -0.3 is 14.9 Å². The van der Waals surface area contributed by atoms with E-state index in [1.54, 1.807) is 11.9 Å². The van der Waals surface area contributed by atoms with Crippen molar-refractivity contribution in [1.29, 1.82) is 0 Å². The van der Waals surface area contributed by atoms with Crippen molar-refractivity contribution in [3.05, 3.63) is 0 Å². The lowest BCUT2D eigenvalue weighted by atomic mass is 10.1. The Hall–Kier alpha value is -1.14. The average Bonchev–Trinajstić information content (AvgIpc) is 2.13. The number of hydrogen-bond acceptors (Lipinski definition) is 5. The van der Waals surface area contributed by atoms with Crippen LogP contribution in [0.5, 0.6) is 0 Å². The molecule has 16 heavy (non-hydrogen) atoms. The number of rotatable bonds is 7. The number of aliphatic carboxylic acids is 1. The third-order valence-electron chi connectivity index (χ3n) is 1.98. The maximum atomic E-state index is 11.3. The maximum absolute atomic E-state index is 11.3. The largest absolute Gasteiger partial charge is 0.478 e. The molecule has 0 bridgehead atoms. The molecule has 0 unspecified atom stereocenters. The molecule has 6 heteroatoms. The smallest absolute Gasteiger partial charge is 0.347 e. The lowest BCUT2D eigenvalue weighted by molar-refractivity contribution is -0.174. The monoisotopic (exact) mass is 233 g/mol. The Bertz CT molecular complexity index is 252. The summed E-state index contributed by atoms with van der Waals surface area (Å²) in [7, 11) is 1.70. The van der Waals surface area contributed by atoms with Crippen LogP contribution in [0, 0.1) is 0 Å². The Kier molecular flexibility index (Phi) is 5.98. The van der Waals surface area contributed by atoms with Crippen LogP contribution >= 0.6 is 0 Å². The van der Waals surface area contributed by atoms with Crippen molar-refractivity contribution in [3.8, 4) is 0 Å². The highest BCUT2D eigenvalue weighted by atomic mass is 16.6. The number of hydrogen-bond donors (Lipinski definition) is 2. The number of esters is 1. The Morgan fingerprint density at radius 2 is 1.94 bits per heavy atom. The molecular formula is C10H19NO5. The van der Waals surface area contributed by atoms with Crippen LogP contribution in [0.3, 0.4) is 0 Å². The Balaban J connectivity index is 4.03. The van der Waals surface area contributed by atoms with E-state index in [1.807, 2.05) is 0 Å². The topological polar surface area (TPSA) is 87.1 Å². The van der Waals surface area contributed by atoms with Crippen LogP contribution in [0.1, 0.15) is 20.3 Å². The molecule has 0 fully saturated rings. The van der Waals surface area contributed by atoms with Crippen molar-refractivity contribution in [2.24, 2.45) is 0 Å². The summed E-state index contributed by atoms with van der Waals surface area (Å²) in [6.45, 7) is 3.26. The van der Waals surface area contributed by atoms with E-state index >= 15 is 0 Å². The normalized spacial score (nSPS) is 11.6. The minimum Gasteiger partial charge on any atom is -0.478 e. The van der Waals surface area contributed by atoms with Gasteiger partial charge in [0.05, 0.1) is 6.54 Å². The molecule has 0 saturated carbocycles. The molecule has 0 aliphatic heterocycles. The van der Waals surface area contributed by atoms with Crippen molar-refractivity contribution in [2.75, 3.05) is 26.7 Å². The number of nitrogens with zero attached hydrogens (tertiary/aromatic N) is 1. The average molecular weight is 233 g/mol. The van der Waals surface area contributed by atoms with Crippen LogP contribution in [-0.2, 0) is 14.3 Å². The molecule has 2 N–H and O–H groups in total. The van der Waals surface area contributed by atoms with Gasteiger partial charge in [0.25, 0.3) is 0 Å². The molecule has 0 amide bonds. The zero-order chi connectivity index (χ0) is 12.8. The highest BCUT2D eigenvalue weighted by Gasteiger charge is 2.31. The lowest BCUT2D eigenvalue weighted by Crippen LogP contribution is -2.40. The minimum absolute atomic E-state index is 0.0106. The molecule has 0 aliphatic rings.